The second kappa shape index (κ2) is 7.28. The molecule has 0 unspecified atom stereocenters. The van der Waals surface area contributed by atoms with Gasteiger partial charge in [0, 0.05) is 49.3 Å². The summed E-state index contributed by atoms with van der Waals surface area (Å²) in [6, 6.07) is 3.26. The van der Waals surface area contributed by atoms with Crippen LogP contribution < -0.4 is 0 Å². The number of hydrogen-bond acceptors (Lipinski definition) is 4. The van der Waals surface area contributed by atoms with Gasteiger partial charge in [-0.15, -0.1) is 0 Å². The van der Waals surface area contributed by atoms with Crippen LogP contribution in [0.2, 0.25) is 0 Å². The molecule has 0 saturated carbocycles. The molecule has 3 N–H and O–H groups in total. The van der Waals surface area contributed by atoms with Crippen LogP contribution in [-0.4, -0.2) is 68.6 Å². The third-order valence-electron chi connectivity index (χ3n) is 5.09. The first-order chi connectivity index (χ1) is 13.9. The first-order valence-electron chi connectivity index (χ1n) is 9.08. The lowest BCUT2D eigenvalue weighted by Crippen LogP contribution is -2.37. The van der Waals surface area contributed by atoms with Crippen molar-refractivity contribution < 1.29 is 23.5 Å². The first kappa shape index (κ1) is 19.1. The second-order valence-corrected chi connectivity index (χ2v) is 6.99. The van der Waals surface area contributed by atoms with Gasteiger partial charge in [0.2, 0.25) is 0 Å². The van der Waals surface area contributed by atoms with Crippen molar-refractivity contribution in [3.05, 3.63) is 52.5 Å². The number of amides is 2. The van der Waals surface area contributed by atoms with Crippen LogP contribution in [0.25, 0.3) is 10.9 Å². The predicted octanol–water partition coefficient (Wildman–Crippen LogP) is 1.43. The fraction of sp³-hybridized carbons (Fsp3) is 0.316. The van der Waals surface area contributed by atoms with E-state index in [1.165, 1.54) is 15.9 Å². The van der Waals surface area contributed by atoms with E-state index in [9.17, 15) is 18.4 Å². The summed E-state index contributed by atoms with van der Waals surface area (Å²) in [5.74, 6) is -2.21. The Balaban J connectivity index is 1.60. The predicted molar refractivity (Wildman–Crippen MR) is 99.3 cm³/mol. The molecular weight excluding hydrogens is 384 g/mol. The van der Waals surface area contributed by atoms with Crippen LogP contribution in [0.3, 0.4) is 0 Å². The number of likely N-dealkylation sites (N-methyl/N-ethyl adjacent to an activating group) is 1. The third-order valence-corrected chi connectivity index (χ3v) is 5.09. The van der Waals surface area contributed by atoms with Gasteiger partial charge in [-0.25, -0.2) is 8.78 Å². The average molecular weight is 403 g/mol. The molecule has 29 heavy (non-hydrogen) atoms. The molecule has 0 fully saturated rings. The molecule has 1 aliphatic rings. The van der Waals surface area contributed by atoms with Gasteiger partial charge in [0.05, 0.1) is 18.7 Å². The van der Waals surface area contributed by atoms with Crippen molar-refractivity contribution in [1.82, 2.24) is 25.0 Å². The van der Waals surface area contributed by atoms with Crippen LogP contribution in [0, 0.1) is 11.6 Å². The van der Waals surface area contributed by atoms with Gasteiger partial charge in [-0.3, -0.25) is 14.7 Å². The van der Waals surface area contributed by atoms with Crippen LogP contribution in [0.4, 0.5) is 8.78 Å². The molecule has 3 aromatic rings. The molecular formula is C19H19F2N5O3. The summed E-state index contributed by atoms with van der Waals surface area (Å²) < 4.78 is 27.4. The zero-order chi connectivity index (χ0) is 20.7. The Labute approximate surface area is 164 Å². The average Bonchev–Trinajstić information content (AvgIpc) is 3.30. The highest BCUT2D eigenvalue weighted by atomic mass is 19.1. The normalized spacial score (nSPS) is 13.6. The van der Waals surface area contributed by atoms with E-state index in [4.69, 9.17) is 5.11 Å². The standard InChI is InChI=1S/C19H19F2N5O3/c1-25(4-5-27)19(29)17-12-9-26(3-2-14(12)23-24-17)18(28)16-8-11-13(21)6-10(20)7-15(11)22-16/h6-8,22,27H,2-5,9H2,1H3,(H,23,24). The van der Waals surface area contributed by atoms with Crippen LogP contribution in [0.1, 0.15) is 32.2 Å². The minimum absolute atomic E-state index is 0.136. The monoisotopic (exact) mass is 403 g/mol. The topological polar surface area (TPSA) is 105 Å². The maximum Gasteiger partial charge on any atom is 0.274 e. The number of nitrogens with zero attached hydrogens (tertiary/aromatic N) is 3. The third kappa shape index (κ3) is 3.35. The smallest absolute Gasteiger partial charge is 0.274 e. The Bertz CT molecular complexity index is 1110. The summed E-state index contributed by atoms with van der Waals surface area (Å²) in [6.07, 6.45) is 0.480. The van der Waals surface area contributed by atoms with Crippen molar-refractivity contribution in [3.63, 3.8) is 0 Å². The quantitative estimate of drug-likeness (QED) is 0.613. The Hall–Kier alpha value is -3.27. The molecule has 2 amide bonds. The largest absolute Gasteiger partial charge is 0.395 e. The molecule has 0 atom stereocenters. The lowest BCUT2D eigenvalue weighted by molar-refractivity contribution is 0.0714. The molecule has 0 aliphatic carbocycles. The number of hydrogen-bond donors (Lipinski definition) is 3. The number of aliphatic hydroxyl groups excluding tert-OH is 1. The summed E-state index contributed by atoms with van der Waals surface area (Å²) in [4.78, 5) is 31.1. The number of halogens is 2. The molecule has 1 aliphatic heterocycles. The highest BCUT2D eigenvalue weighted by molar-refractivity contribution is 5.99. The number of H-pyrrole nitrogens is 2. The number of aromatic amines is 2. The van der Waals surface area contributed by atoms with Gasteiger partial charge in [-0.2, -0.15) is 5.10 Å². The highest BCUT2D eigenvalue weighted by Gasteiger charge is 2.30. The van der Waals surface area contributed by atoms with Crippen LogP contribution >= 0.6 is 0 Å². The molecule has 8 nitrogen and oxygen atoms in total. The molecule has 0 saturated heterocycles. The number of fused-ring (bicyclic) bond motifs is 2. The van der Waals surface area contributed by atoms with Crippen LogP contribution in [0.5, 0.6) is 0 Å². The fourth-order valence-electron chi connectivity index (χ4n) is 3.52. The molecule has 0 bridgehead atoms. The van der Waals surface area contributed by atoms with Crippen LogP contribution in [0.15, 0.2) is 18.2 Å². The van der Waals surface area contributed by atoms with E-state index in [0.717, 1.165) is 17.8 Å². The number of aromatic nitrogens is 3. The van der Waals surface area contributed by atoms with Gasteiger partial charge < -0.3 is 19.9 Å². The zero-order valence-corrected chi connectivity index (χ0v) is 15.6. The minimum atomic E-state index is -0.745. The van der Waals surface area contributed by atoms with Gasteiger partial charge in [0.15, 0.2) is 5.69 Å². The molecule has 0 spiro atoms. The number of rotatable bonds is 4. The van der Waals surface area contributed by atoms with E-state index in [2.05, 4.69) is 15.2 Å². The maximum atomic E-state index is 13.9. The molecule has 3 heterocycles. The van der Waals surface area contributed by atoms with E-state index in [1.54, 1.807) is 7.05 Å². The van der Waals surface area contributed by atoms with Gasteiger partial charge in [0.25, 0.3) is 11.8 Å². The Morgan fingerprint density at radius 2 is 2.10 bits per heavy atom. The summed E-state index contributed by atoms with van der Waals surface area (Å²) in [7, 11) is 1.56. The van der Waals surface area contributed by atoms with E-state index < -0.39 is 11.6 Å². The summed E-state index contributed by atoms with van der Waals surface area (Å²) >= 11 is 0. The van der Waals surface area contributed by atoms with Crippen LogP contribution in [-0.2, 0) is 13.0 Å². The van der Waals surface area contributed by atoms with E-state index in [1.807, 2.05) is 0 Å². The van der Waals surface area contributed by atoms with E-state index in [-0.39, 0.29) is 53.8 Å². The number of aliphatic hydroxyl groups is 1. The van der Waals surface area contributed by atoms with Crippen molar-refractivity contribution >= 4 is 22.7 Å². The van der Waals surface area contributed by atoms with Crippen molar-refractivity contribution in [2.45, 2.75) is 13.0 Å². The van der Waals surface area contributed by atoms with Crippen molar-refractivity contribution in [2.24, 2.45) is 0 Å². The van der Waals surface area contributed by atoms with Crippen molar-refractivity contribution in [1.29, 1.82) is 0 Å². The molecule has 4 rings (SSSR count). The number of carbonyl (C=O) groups is 2. The molecule has 0 radical (unpaired) electrons. The maximum absolute atomic E-state index is 13.9. The lowest BCUT2D eigenvalue weighted by Gasteiger charge is -2.27. The van der Waals surface area contributed by atoms with Crippen molar-refractivity contribution in [2.75, 3.05) is 26.7 Å². The fourth-order valence-corrected chi connectivity index (χ4v) is 3.52. The Morgan fingerprint density at radius 3 is 2.86 bits per heavy atom. The van der Waals surface area contributed by atoms with Gasteiger partial charge in [-0.1, -0.05) is 0 Å². The molecule has 10 heteroatoms. The second-order valence-electron chi connectivity index (χ2n) is 6.99. The summed E-state index contributed by atoms with van der Waals surface area (Å²) in [6.45, 7) is 0.544. The van der Waals surface area contributed by atoms with E-state index in [0.29, 0.717) is 18.5 Å². The number of benzene rings is 1. The van der Waals surface area contributed by atoms with Gasteiger partial charge in [-0.05, 0) is 12.1 Å². The van der Waals surface area contributed by atoms with Gasteiger partial charge in [0.1, 0.15) is 17.3 Å². The highest BCUT2D eigenvalue weighted by Crippen LogP contribution is 2.25. The number of nitrogens with one attached hydrogen (secondary N) is 2. The molecule has 2 aromatic heterocycles. The zero-order valence-electron chi connectivity index (χ0n) is 15.6. The van der Waals surface area contributed by atoms with Crippen molar-refractivity contribution in [3.8, 4) is 0 Å². The van der Waals surface area contributed by atoms with E-state index >= 15 is 0 Å². The SMILES string of the molecule is CN(CCO)C(=O)c1n[nH]c2c1CN(C(=O)c1cc3c(F)cc(F)cc3[nH]1)CC2. The van der Waals surface area contributed by atoms with Gasteiger partial charge >= 0.3 is 0 Å². The summed E-state index contributed by atoms with van der Waals surface area (Å²) in [5.41, 5.74) is 1.94. The lowest BCUT2D eigenvalue weighted by atomic mass is 10.0. The minimum Gasteiger partial charge on any atom is -0.395 e. The molecule has 152 valence electrons. The Kier molecular flexibility index (Phi) is 4.79. The summed E-state index contributed by atoms with van der Waals surface area (Å²) in [5, 5.41) is 16.1. The Morgan fingerprint density at radius 1 is 1.31 bits per heavy atom. The number of carbonyl (C=O) groups excluding carboxylic acids is 2. The first-order valence-corrected chi connectivity index (χ1v) is 9.08. The molecule has 1 aromatic carbocycles.